The second-order valence-electron chi connectivity index (χ2n) is 5.25. The van der Waals surface area contributed by atoms with Crippen molar-refractivity contribution in [2.45, 2.75) is 33.5 Å². The average molecular weight is 313 g/mol. The van der Waals surface area contributed by atoms with Gasteiger partial charge in [0, 0.05) is 37.2 Å². The number of aryl methyl sites for hydroxylation is 2. The van der Waals surface area contributed by atoms with Crippen LogP contribution in [0.5, 0.6) is 0 Å². The summed E-state index contributed by atoms with van der Waals surface area (Å²) in [6.07, 6.45) is 5.49. The summed E-state index contributed by atoms with van der Waals surface area (Å²) in [5.41, 5.74) is 1.93. The van der Waals surface area contributed by atoms with Crippen molar-refractivity contribution in [1.29, 1.82) is 0 Å². The van der Waals surface area contributed by atoms with Crippen molar-refractivity contribution < 1.29 is 9.21 Å². The zero-order chi connectivity index (χ0) is 16.2. The standard InChI is InChI=1S/C16H19N5O2/c1-3-20-10-13(12(2)19-20)9-17-16(22)15-6-5-14(23-15)11-21-8-4-7-18-21/h4-8,10H,3,9,11H2,1-2H3,(H,17,22). The minimum absolute atomic E-state index is 0.236. The Bertz CT molecular complexity index is 785. The van der Waals surface area contributed by atoms with Crippen molar-refractivity contribution in [2.24, 2.45) is 0 Å². The van der Waals surface area contributed by atoms with Crippen LogP contribution in [0.4, 0.5) is 0 Å². The number of carbonyl (C=O) groups is 1. The van der Waals surface area contributed by atoms with Gasteiger partial charge in [0.25, 0.3) is 5.91 Å². The quantitative estimate of drug-likeness (QED) is 0.755. The Balaban J connectivity index is 1.60. The van der Waals surface area contributed by atoms with Gasteiger partial charge in [-0.1, -0.05) is 0 Å². The second kappa shape index (κ2) is 6.51. The topological polar surface area (TPSA) is 77.9 Å². The van der Waals surface area contributed by atoms with E-state index in [9.17, 15) is 4.79 Å². The average Bonchev–Trinajstić information content (AvgIpc) is 3.27. The maximum Gasteiger partial charge on any atom is 0.287 e. The van der Waals surface area contributed by atoms with Crippen LogP contribution in [0.25, 0.3) is 0 Å². The lowest BCUT2D eigenvalue weighted by molar-refractivity contribution is 0.0921. The number of hydrogen-bond donors (Lipinski definition) is 1. The molecule has 120 valence electrons. The molecule has 0 aromatic carbocycles. The first-order valence-corrected chi connectivity index (χ1v) is 7.53. The molecular weight excluding hydrogens is 294 g/mol. The van der Waals surface area contributed by atoms with E-state index < -0.39 is 0 Å². The van der Waals surface area contributed by atoms with Gasteiger partial charge in [-0.2, -0.15) is 10.2 Å². The summed E-state index contributed by atoms with van der Waals surface area (Å²) < 4.78 is 9.16. The van der Waals surface area contributed by atoms with Gasteiger partial charge in [-0.15, -0.1) is 0 Å². The SMILES string of the molecule is CCn1cc(CNC(=O)c2ccc(Cn3cccn3)o2)c(C)n1. The van der Waals surface area contributed by atoms with Crippen LogP contribution in [-0.2, 0) is 19.6 Å². The molecule has 0 atom stereocenters. The molecule has 3 aromatic heterocycles. The first-order chi connectivity index (χ1) is 11.2. The van der Waals surface area contributed by atoms with Crippen molar-refractivity contribution >= 4 is 5.91 Å². The van der Waals surface area contributed by atoms with Crippen LogP contribution in [0.1, 0.15) is 34.5 Å². The van der Waals surface area contributed by atoms with Crippen molar-refractivity contribution in [1.82, 2.24) is 24.9 Å². The van der Waals surface area contributed by atoms with E-state index in [0.717, 1.165) is 17.8 Å². The first-order valence-electron chi connectivity index (χ1n) is 7.53. The Hall–Kier alpha value is -2.83. The number of nitrogens with one attached hydrogen (secondary N) is 1. The minimum Gasteiger partial charge on any atom is -0.454 e. The predicted octanol–water partition coefficient (Wildman–Crippen LogP) is 1.98. The first kappa shape index (κ1) is 15.1. The number of hydrogen-bond acceptors (Lipinski definition) is 4. The van der Waals surface area contributed by atoms with Crippen LogP contribution in [0.15, 0.2) is 41.2 Å². The zero-order valence-corrected chi connectivity index (χ0v) is 13.2. The summed E-state index contributed by atoms with van der Waals surface area (Å²) in [5.74, 6) is 0.752. The van der Waals surface area contributed by atoms with Crippen LogP contribution >= 0.6 is 0 Å². The molecule has 0 aliphatic rings. The molecule has 0 unspecified atom stereocenters. The van der Waals surface area contributed by atoms with Crippen LogP contribution < -0.4 is 5.32 Å². The van der Waals surface area contributed by atoms with Gasteiger partial charge in [-0.05, 0) is 32.0 Å². The lowest BCUT2D eigenvalue weighted by Crippen LogP contribution is -2.22. The molecule has 7 heteroatoms. The molecule has 3 rings (SSSR count). The Morgan fingerprint density at radius 1 is 1.35 bits per heavy atom. The normalized spacial score (nSPS) is 10.9. The molecule has 0 radical (unpaired) electrons. The van der Waals surface area contributed by atoms with E-state index in [-0.39, 0.29) is 5.91 Å². The Morgan fingerprint density at radius 3 is 2.91 bits per heavy atom. The van der Waals surface area contributed by atoms with E-state index >= 15 is 0 Å². The van der Waals surface area contributed by atoms with E-state index in [4.69, 9.17) is 4.42 Å². The molecule has 0 saturated carbocycles. The second-order valence-corrected chi connectivity index (χ2v) is 5.25. The molecule has 23 heavy (non-hydrogen) atoms. The molecule has 0 fully saturated rings. The third-order valence-electron chi connectivity index (χ3n) is 3.57. The molecule has 1 amide bonds. The maximum atomic E-state index is 12.2. The van der Waals surface area contributed by atoms with Gasteiger partial charge in [0.15, 0.2) is 5.76 Å². The fraction of sp³-hybridized carbons (Fsp3) is 0.312. The van der Waals surface area contributed by atoms with E-state index in [1.54, 1.807) is 23.0 Å². The van der Waals surface area contributed by atoms with Gasteiger partial charge in [-0.3, -0.25) is 14.2 Å². The number of rotatable bonds is 6. The van der Waals surface area contributed by atoms with Crippen LogP contribution in [-0.4, -0.2) is 25.5 Å². The molecule has 7 nitrogen and oxygen atoms in total. The van der Waals surface area contributed by atoms with Gasteiger partial charge in [0.05, 0.1) is 12.2 Å². The summed E-state index contributed by atoms with van der Waals surface area (Å²) in [5, 5.41) is 11.3. The van der Waals surface area contributed by atoms with Crippen LogP contribution in [0, 0.1) is 6.92 Å². The highest BCUT2D eigenvalue weighted by Crippen LogP contribution is 2.10. The smallest absolute Gasteiger partial charge is 0.287 e. The van der Waals surface area contributed by atoms with Crippen molar-refractivity contribution in [2.75, 3.05) is 0 Å². The van der Waals surface area contributed by atoms with E-state index in [2.05, 4.69) is 15.5 Å². The predicted molar refractivity (Wildman–Crippen MR) is 83.8 cm³/mol. The Labute approximate surface area is 133 Å². The molecule has 3 heterocycles. The van der Waals surface area contributed by atoms with Crippen molar-refractivity contribution in [3.8, 4) is 0 Å². The summed E-state index contributed by atoms with van der Waals surface area (Å²) in [6.45, 7) is 5.70. The highest BCUT2D eigenvalue weighted by Gasteiger charge is 2.12. The van der Waals surface area contributed by atoms with Crippen molar-refractivity contribution in [3.63, 3.8) is 0 Å². The molecule has 1 N–H and O–H groups in total. The summed E-state index contributed by atoms with van der Waals surface area (Å²) in [6, 6.07) is 5.31. The van der Waals surface area contributed by atoms with Gasteiger partial charge in [-0.25, -0.2) is 0 Å². The highest BCUT2D eigenvalue weighted by molar-refractivity contribution is 5.91. The monoisotopic (exact) mass is 313 g/mol. The molecule has 0 saturated heterocycles. The third kappa shape index (κ3) is 3.50. The maximum absolute atomic E-state index is 12.2. The molecule has 0 bridgehead atoms. The van der Waals surface area contributed by atoms with Gasteiger partial charge >= 0.3 is 0 Å². The fourth-order valence-electron chi connectivity index (χ4n) is 2.30. The Morgan fingerprint density at radius 2 is 2.22 bits per heavy atom. The molecular formula is C16H19N5O2. The minimum atomic E-state index is -0.236. The van der Waals surface area contributed by atoms with E-state index in [1.165, 1.54) is 0 Å². The molecule has 0 aliphatic carbocycles. The number of furan rings is 1. The third-order valence-corrected chi connectivity index (χ3v) is 3.57. The Kier molecular flexibility index (Phi) is 4.27. The number of aromatic nitrogens is 4. The zero-order valence-electron chi connectivity index (χ0n) is 13.2. The summed E-state index contributed by atoms with van der Waals surface area (Å²) in [7, 11) is 0. The van der Waals surface area contributed by atoms with Crippen LogP contribution in [0.3, 0.4) is 0 Å². The van der Waals surface area contributed by atoms with Crippen LogP contribution in [0.2, 0.25) is 0 Å². The largest absolute Gasteiger partial charge is 0.454 e. The van der Waals surface area contributed by atoms with E-state index in [1.807, 2.05) is 37.0 Å². The summed E-state index contributed by atoms with van der Waals surface area (Å²) in [4.78, 5) is 12.2. The lowest BCUT2D eigenvalue weighted by atomic mass is 10.2. The highest BCUT2D eigenvalue weighted by atomic mass is 16.4. The van der Waals surface area contributed by atoms with Gasteiger partial charge in [0.2, 0.25) is 0 Å². The lowest BCUT2D eigenvalue weighted by Gasteiger charge is -2.02. The molecule has 0 aliphatic heterocycles. The fourth-order valence-corrected chi connectivity index (χ4v) is 2.30. The molecule has 3 aromatic rings. The van der Waals surface area contributed by atoms with Gasteiger partial charge < -0.3 is 9.73 Å². The van der Waals surface area contributed by atoms with Crippen molar-refractivity contribution in [3.05, 3.63) is 59.6 Å². The number of amides is 1. The molecule has 0 spiro atoms. The number of nitrogens with zero attached hydrogens (tertiary/aromatic N) is 4. The number of carbonyl (C=O) groups excluding carboxylic acids is 1. The van der Waals surface area contributed by atoms with E-state index in [0.29, 0.717) is 24.6 Å². The summed E-state index contributed by atoms with van der Waals surface area (Å²) >= 11 is 0. The van der Waals surface area contributed by atoms with Gasteiger partial charge in [0.1, 0.15) is 5.76 Å².